The Morgan fingerprint density at radius 1 is 1.47 bits per heavy atom. The summed E-state index contributed by atoms with van der Waals surface area (Å²) in [4.78, 5) is 11.7. The Bertz CT molecular complexity index is 435. The summed E-state index contributed by atoms with van der Waals surface area (Å²) in [5.74, 6) is 0.533. The van der Waals surface area contributed by atoms with Gasteiger partial charge in [0.1, 0.15) is 5.75 Å². The van der Waals surface area contributed by atoms with E-state index in [0.717, 1.165) is 16.5 Å². The van der Waals surface area contributed by atoms with Gasteiger partial charge in [0.2, 0.25) is 0 Å². The highest BCUT2D eigenvalue weighted by atomic mass is 79.9. The zero-order valence-electron chi connectivity index (χ0n) is 11.6. The van der Waals surface area contributed by atoms with Crippen molar-refractivity contribution in [2.45, 2.75) is 39.3 Å². The Hall–Kier alpha value is -1.07. The first kappa shape index (κ1) is 16.0. The van der Waals surface area contributed by atoms with Crippen molar-refractivity contribution in [3.05, 3.63) is 28.2 Å². The molecule has 0 radical (unpaired) electrons. The molecule has 0 bridgehead atoms. The van der Waals surface area contributed by atoms with Crippen molar-refractivity contribution in [3.63, 3.8) is 0 Å². The zero-order valence-corrected chi connectivity index (χ0v) is 13.2. The second kappa shape index (κ2) is 7.50. The number of rotatable bonds is 6. The molecule has 0 spiro atoms. The van der Waals surface area contributed by atoms with Crippen molar-refractivity contribution in [1.82, 2.24) is 5.32 Å². The Kier molecular flexibility index (Phi) is 6.31. The largest absolute Gasteiger partial charge is 0.483 e. The molecule has 0 heterocycles. The third-order valence-electron chi connectivity index (χ3n) is 2.84. The van der Waals surface area contributed by atoms with Gasteiger partial charge in [-0.3, -0.25) is 4.79 Å². The summed E-state index contributed by atoms with van der Waals surface area (Å²) in [5.41, 5.74) is 6.77. The van der Waals surface area contributed by atoms with Gasteiger partial charge in [0.15, 0.2) is 6.61 Å². The lowest BCUT2D eigenvalue weighted by molar-refractivity contribution is -0.123. The van der Waals surface area contributed by atoms with Crippen LogP contribution in [-0.2, 0) is 4.79 Å². The molecule has 1 aromatic carbocycles. The molecule has 0 fully saturated rings. The lowest BCUT2D eigenvalue weighted by Gasteiger charge is -2.15. The molecule has 3 N–H and O–H groups in total. The SMILES string of the molecule is CCC(C)NC(=O)COc1ccc(Br)cc1[C@H](C)N. The molecule has 0 aromatic heterocycles. The van der Waals surface area contributed by atoms with Crippen LogP contribution in [0.1, 0.15) is 38.8 Å². The predicted octanol–water partition coefficient (Wildman–Crippen LogP) is 2.76. The Balaban J connectivity index is 2.65. The van der Waals surface area contributed by atoms with E-state index in [1.807, 2.05) is 39.0 Å². The molecule has 106 valence electrons. The third-order valence-corrected chi connectivity index (χ3v) is 3.33. The molecular weight excluding hydrogens is 308 g/mol. The van der Waals surface area contributed by atoms with Gasteiger partial charge in [-0.05, 0) is 38.5 Å². The molecule has 0 saturated heterocycles. The van der Waals surface area contributed by atoms with Crippen molar-refractivity contribution in [3.8, 4) is 5.75 Å². The molecule has 2 atom stereocenters. The average molecular weight is 329 g/mol. The van der Waals surface area contributed by atoms with Crippen molar-refractivity contribution in [2.24, 2.45) is 5.73 Å². The van der Waals surface area contributed by atoms with Crippen LogP contribution in [0.5, 0.6) is 5.75 Å². The molecule has 4 nitrogen and oxygen atoms in total. The van der Waals surface area contributed by atoms with E-state index >= 15 is 0 Å². The van der Waals surface area contributed by atoms with Crippen LogP contribution in [0, 0.1) is 0 Å². The van der Waals surface area contributed by atoms with Gasteiger partial charge >= 0.3 is 0 Å². The predicted molar refractivity (Wildman–Crippen MR) is 80.1 cm³/mol. The first-order chi connectivity index (χ1) is 8.93. The molecule has 0 saturated carbocycles. The number of halogens is 1. The van der Waals surface area contributed by atoms with Gasteiger partial charge < -0.3 is 15.8 Å². The molecule has 1 aromatic rings. The van der Waals surface area contributed by atoms with Gasteiger partial charge in [-0.1, -0.05) is 22.9 Å². The molecule has 1 rings (SSSR count). The summed E-state index contributed by atoms with van der Waals surface area (Å²) >= 11 is 3.40. The summed E-state index contributed by atoms with van der Waals surface area (Å²) in [6, 6.07) is 5.61. The van der Waals surface area contributed by atoms with E-state index in [1.165, 1.54) is 0 Å². The quantitative estimate of drug-likeness (QED) is 0.843. The molecule has 0 aliphatic heterocycles. The molecular formula is C14H21BrN2O2. The lowest BCUT2D eigenvalue weighted by atomic mass is 10.1. The smallest absolute Gasteiger partial charge is 0.258 e. The Morgan fingerprint density at radius 3 is 2.74 bits per heavy atom. The molecule has 0 aliphatic rings. The minimum absolute atomic E-state index is 0.00565. The number of nitrogens with one attached hydrogen (secondary N) is 1. The van der Waals surface area contributed by atoms with E-state index in [-0.39, 0.29) is 24.6 Å². The van der Waals surface area contributed by atoms with Crippen molar-refractivity contribution < 1.29 is 9.53 Å². The van der Waals surface area contributed by atoms with Crippen LogP contribution in [-0.4, -0.2) is 18.6 Å². The maximum atomic E-state index is 11.7. The fourth-order valence-electron chi connectivity index (χ4n) is 1.57. The first-order valence-corrected chi connectivity index (χ1v) is 7.20. The normalized spacial score (nSPS) is 13.7. The third kappa shape index (κ3) is 5.20. The van der Waals surface area contributed by atoms with E-state index < -0.39 is 0 Å². The van der Waals surface area contributed by atoms with Gasteiger partial charge in [-0.25, -0.2) is 0 Å². The highest BCUT2D eigenvalue weighted by molar-refractivity contribution is 9.10. The molecule has 0 aliphatic carbocycles. The molecule has 1 unspecified atom stereocenters. The fraction of sp³-hybridized carbons (Fsp3) is 0.500. The van der Waals surface area contributed by atoms with E-state index in [4.69, 9.17) is 10.5 Å². The van der Waals surface area contributed by atoms with Crippen LogP contribution in [0.2, 0.25) is 0 Å². The molecule has 19 heavy (non-hydrogen) atoms. The number of hydrogen-bond acceptors (Lipinski definition) is 3. The monoisotopic (exact) mass is 328 g/mol. The number of nitrogens with two attached hydrogens (primary N) is 1. The van der Waals surface area contributed by atoms with E-state index in [1.54, 1.807) is 0 Å². The van der Waals surface area contributed by atoms with Crippen LogP contribution in [0.3, 0.4) is 0 Å². The minimum atomic E-state index is -0.148. The maximum absolute atomic E-state index is 11.7. The summed E-state index contributed by atoms with van der Waals surface area (Å²) in [5, 5.41) is 2.86. The van der Waals surface area contributed by atoms with Gasteiger partial charge in [0, 0.05) is 22.1 Å². The van der Waals surface area contributed by atoms with E-state index in [9.17, 15) is 4.79 Å². The standard InChI is InChI=1S/C14H21BrN2O2/c1-4-9(2)17-14(18)8-19-13-6-5-11(15)7-12(13)10(3)16/h5-7,9-10H,4,8,16H2,1-3H3,(H,17,18)/t9?,10-/m0/s1. The topological polar surface area (TPSA) is 64.3 Å². The fourth-order valence-corrected chi connectivity index (χ4v) is 1.95. The van der Waals surface area contributed by atoms with Crippen LogP contribution < -0.4 is 15.8 Å². The summed E-state index contributed by atoms with van der Waals surface area (Å²) in [6.45, 7) is 5.87. The second-order valence-electron chi connectivity index (χ2n) is 4.64. The van der Waals surface area contributed by atoms with Crippen LogP contribution in [0.25, 0.3) is 0 Å². The maximum Gasteiger partial charge on any atom is 0.258 e. The van der Waals surface area contributed by atoms with Crippen molar-refractivity contribution >= 4 is 21.8 Å². The molecule has 1 amide bonds. The number of carbonyl (C=O) groups is 1. The number of benzene rings is 1. The number of carbonyl (C=O) groups excluding carboxylic acids is 1. The number of ether oxygens (including phenoxy) is 1. The average Bonchev–Trinajstić information content (AvgIpc) is 2.36. The summed E-state index contributed by atoms with van der Waals surface area (Å²) < 4.78 is 6.49. The van der Waals surface area contributed by atoms with Gasteiger partial charge in [0.05, 0.1) is 0 Å². The van der Waals surface area contributed by atoms with Gasteiger partial charge in [0.25, 0.3) is 5.91 Å². The lowest BCUT2D eigenvalue weighted by Crippen LogP contribution is -2.35. The molecule has 5 heteroatoms. The van der Waals surface area contributed by atoms with Crippen LogP contribution in [0.15, 0.2) is 22.7 Å². The zero-order chi connectivity index (χ0) is 14.4. The first-order valence-electron chi connectivity index (χ1n) is 6.41. The van der Waals surface area contributed by atoms with Crippen LogP contribution >= 0.6 is 15.9 Å². The Morgan fingerprint density at radius 2 is 2.16 bits per heavy atom. The summed E-state index contributed by atoms with van der Waals surface area (Å²) in [6.07, 6.45) is 0.898. The minimum Gasteiger partial charge on any atom is -0.483 e. The van der Waals surface area contributed by atoms with Gasteiger partial charge in [-0.2, -0.15) is 0 Å². The van der Waals surface area contributed by atoms with Gasteiger partial charge in [-0.15, -0.1) is 0 Å². The van der Waals surface area contributed by atoms with E-state index in [2.05, 4.69) is 21.2 Å². The Labute approximate surface area is 122 Å². The summed E-state index contributed by atoms with van der Waals surface area (Å²) in [7, 11) is 0. The van der Waals surface area contributed by atoms with Crippen molar-refractivity contribution in [1.29, 1.82) is 0 Å². The number of hydrogen-bond donors (Lipinski definition) is 2. The van der Waals surface area contributed by atoms with Crippen molar-refractivity contribution in [2.75, 3.05) is 6.61 Å². The highest BCUT2D eigenvalue weighted by Gasteiger charge is 2.11. The number of amides is 1. The highest BCUT2D eigenvalue weighted by Crippen LogP contribution is 2.27. The van der Waals surface area contributed by atoms with Crippen LogP contribution in [0.4, 0.5) is 0 Å². The van der Waals surface area contributed by atoms with E-state index in [0.29, 0.717) is 5.75 Å². The second-order valence-corrected chi connectivity index (χ2v) is 5.55.